The summed E-state index contributed by atoms with van der Waals surface area (Å²) in [6, 6.07) is 25.2. The first-order valence-electron chi connectivity index (χ1n) is 10.1. The molecule has 0 N–H and O–H groups in total. The van der Waals surface area contributed by atoms with Crippen molar-refractivity contribution in [2.45, 2.75) is 39.5 Å². The molecular formula is C28H26. The molecule has 138 valence electrons. The van der Waals surface area contributed by atoms with Crippen molar-refractivity contribution in [1.29, 1.82) is 0 Å². The maximum absolute atomic E-state index is 3.29. The second-order valence-corrected chi connectivity index (χ2v) is 6.94. The van der Waals surface area contributed by atoms with Crippen LogP contribution in [0.4, 0.5) is 0 Å². The quantitative estimate of drug-likeness (QED) is 0.472. The van der Waals surface area contributed by atoms with Crippen molar-refractivity contribution in [2.75, 3.05) is 0 Å². The summed E-state index contributed by atoms with van der Waals surface area (Å²) in [6.07, 6.45) is 4.56. The Labute approximate surface area is 169 Å². The van der Waals surface area contributed by atoms with Crippen LogP contribution in [0.5, 0.6) is 0 Å². The summed E-state index contributed by atoms with van der Waals surface area (Å²) in [4.78, 5) is 0. The van der Waals surface area contributed by atoms with Gasteiger partial charge in [0.05, 0.1) is 0 Å². The minimum absolute atomic E-state index is 0.968. The monoisotopic (exact) mass is 362 g/mol. The third-order valence-corrected chi connectivity index (χ3v) is 4.60. The summed E-state index contributed by atoms with van der Waals surface area (Å²) in [5.41, 5.74) is 6.74. The van der Waals surface area contributed by atoms with Gasteiger partial charge >= 0.3 is 0 Å². The van der Waals surface area contributed by atoms with Crippen LogP contribution in [0.1, 0.15) is 60.1 Å². The molecule has 0 fully saturated rings. The van der Waals surface area contributed by atoms with Crippen LogP contribution in [0.3, 0.4) is 0 Å². The van der Waals surface area contributed by atoms with Crippen molar-refractivity contribution in [3.8, 4) is 23.7 Å². The van der Waals surface area contributed by atoms with Gasteiger partial charge in [-0.3, -0.25) is 0 Å². The zero-order valence-electron chi connectivity index (χ0n) is 16.8. The highest BCUT2D eigenvalue weighted by molar-refractivity contribution is 5.54. The molecule has 0 amide bonds. The van der Waals surface area contributed by atoms with Crippen LogP contribution in [0.15, 0.2) is 72.8 Å². The Morgan fingerprint density at radius 2 is 0.893 bits per heavy atom. The van der Waals surface area contributed by atoms with Crippen LogP contribution in [0.25, 0.3) is 0 Å². The SMILES string of the molecule is CCCc1ccc(C#Cc2ccccc2C#Cc2ccc(CCC)cc2)cc1. The van der Waals surface area contributed by atoms with E-state index in [9.17, 15) is 0 Å². The number of hydrogen-bond donors (Lipinski definition) is 0. The van der Waals surface area contributed by atoms with Crippen LogP contribution in [-0.2, 0) is 12.8 Å². The van der Waals surface area contributed by atoms with Gasteiger partial charge in [0.2, 0.25) is 0 Å². The Balaban J connectivity index is 1.79. The highest BCUT2D eigenvalue weighted by Gasteiger charge is 1.96. The molecule has 0 aliphatic rings. The maximum Gasteiger partial charge on any atom is 0.0405 e. The standard InChI is InChI=1S/C28H26/c1-3-7-23-11-15-25(16-12-23)19-21-27-9-5-6-10-28(27)22-20-26-17-13-24(8-4-2)14-18-26/h5-6,9-18H,3-4,7-8H2,1-2H3. The second-order valence-electron chi connectivity index (χ2n) is 6.94. The molecule has 0 spiro atoms. The maximum atomic E-state index is 3.29. The molecule has 3 aromatic carbocycles. The normalized spacial score (nSPS) is 9.79. The van der Waals surface area contributed by atoms with Gasteiger partial charge < -0.3 is 0 Å². The van der Waals surface area contributed by atoms with E-state index in [2.05, 4.69) is 86.1 Å². The van der Waals surface area contributed by atoms with E-state index in [4.69, 9.17) is 0 Å². The molecule has 0 heterocycles. The van der Waals surface area contributed by atoms with E-state index in [0.717, 1.165) is 35.1 Å². The van der Waals surface area contributed by atoms with E-state index >= 15 is 0 Å². The molecule has 0 saturated heterocycles. The van der Waals surface area contributed by atoms with Crippen molar-refractivity contribution in [3.63, 3.8) is 0 Å². The Hall–Kier alpha value is -3.22. The molecule has 0 atom stereocenters. The summed E-state index contributed by atoms with van der Waals surface area (Å²) in [5, 5.41) is 0. The Kier molecular flexibility index (Phi) is 7.12. The molecule has 3 aromatic rings. The largest absolute Gasteiger partial charge is 0.0651 e. The first-order chi connectivity index (χ1) is 13.8. The van der Waals surface area contributed by atoms with Gasteiger partial charge in [0.25, 0.3) is 0 Å². The van der Waals surface area contributed by atoms with Gasteiger partial charge in [-0.05, 0) is 60.4 Å². The van der Waals surface area contributed by atoms with Crippen molar-refractivity contribution in [1.82, 2.24) is 0 Å². The zero-order valence-corrected chi connectivity index (χ0v) is 16.8. The van der Waals surface area contributed by atoms with Crippen molar-refractivity contribution in [3.05, 3.63) is 106 Å². The van der Waals surface area contributed by atoms with Gasteiger partial charge in [0.1, 0.15) is 0 Å². The van der Waals surface area contributed by atoms with E-state index in [-0.39, 0.29) is 0 Å². The molecule has 0 bridgehead atoms. The summed E-state index contributed by atoms with van der Waals surface area (Å²) in [7, 11) is 0. The average Bonchev–Trinajstić information content (AvgIpc) is 2.74. The first-order valence-corrected chi connectivity index (χ1v) is 10.1. The van der Waals surface area contributed by atoms with E-state index in [0.29, 0.717) is 0 Å². The number of rotatable bonds is 4. The highest BCUT2D eigenvalue weighted by atomic mass is 14.0. The minimum atomic E-state index is 0.968. The van der Waals surface area contributed by atoms with Crippen molar-refractivity contribution >= 4 is 0 Å². The molecule has 0 nitrogen and oxygen atoms in total. The fraction of sp³-hybridized carbons (Fsp3) is 0.214. The molecule has 3 rings (SSSR count). The van der Waals surface area contributed by atoms with Gasteiger partial charge in [-0.25, -0.2) is 0 Å². The van der Waals surface area contributed by atoms with Crippen LogP contribution >= 0.6 is 0 Å². The van der Waals surface area contributed by atoms with Crippen LogP contribution in [0, 0.1) is 23.7 Å². The lowest BCUT2D eigenvalue weighted by atomic mass is 10.0. The number of hydrogen-bond acceptors (Lipinski definition) is 0. The summed E-state index contributed by atoms with van der Waals surface area (Å²) in [5.74, 6) is 13.1. The molecule has 0 aliphatic carbocycles. The van der Waals surface area contributed by atoms with Crippen molar-refractivity contribution < 1.29 is 0 Å². The fourth-order valence-electron chi connectivity index (χ4n) is 3.07. The van der Waals surface area contributed by atoms with Crippen LogP contribution in [0.2, 0.25) is 0 Å². The molecule has 0 heteroatoms. The first kappa shape index (κ1) is 19.5. The number of aryl methyl sites for hydroxylation is 2. The molecule has 0 saturated carbocycles. The van der Waals surface area contributed by atoms with Crippen LogP contribution < -0.4 is 0 Å². The van der Waals surface area contributed by atoms with Gasteiger partial charge in [-0.1, -0.05) is 86.8 Å². The van der Waals surface area contributed by atoms with E-state index in [1.165, 1.54) is 24.0 Å². The smallest absolute Gasteiger partial charge is 0.0405 e. The predicted molar refractivity (Wildman–Crippen MR) is 119 cm³/mol. The number of benzene rings is 3. The summed E-state index contributed by atoms with van der Waals surface area (Å²) < 4.78 is 0. The summed E-state index contributed by atoms with van der Waals surface area (Å²) >= 11 is 0. The van der Waals surface area contributed by atoms with Gasteiger partial charge in [0.15, 0.2) is 0 Å². The molecule has 28 heavy (non-hydrogen) atoms. The lowest BCUT2D eigenvalue weighted by molar-refractivity contribution is 0.922. The van der Waals surface area contributed by atoms with Crippen molar-refractivity contribution in [2.24, 2.45) is 0 Å². The van der Waals surface area contributed by atoms with E-state index in [1.807, 2.05) is 24.3 Å². The lowest BCUT2D eigenvalue weighted by Gasteiger charge is -1.99. The van der Waals surface area contributed by atoms with Gasteiger partial charge in [-0.15, -0.1) is 0 Å². The molecule has 0 unspecified atom stereocenters. The molecule has 0 aromatic heterocycles. The van der Waals surface area contributed by atoms with Gasteiger partial charge in [0, 0.05) is 22.3 Å². The third kappa shape index (κ3) is 5.64. The Morgan fingerprint density at radius 1 is 0.500 bits per heavy atom. The Morgan fingerprint density at radius 3 is 1.25 bits per heavy atom. The van der Waals surface area contributed by atoms with E-state index < -0.39 is 0 Å². The van der Waals surface area contributed by atoms with E-state index in [1.54, 1.807) is 0 Å². The predicted octanol–water partition coefficient (Wildman–Crippen LogP) is 6.39. The van der Waals surface area contributed by atoms with Crippen LogP contribution in [-0.4, -0.2) is 0 Å². The third-order valence-electron chi connectivity index (χ3n) is 4.60. The minimum Gasteiger partial charge on any atom is -0.0651 e. The zero-order chi connectivity index (χ0) is 19.6. The molecule has 0 aliphatic heterocycles. The topological polar surface area (TPSA) is 0 Å². The summed E-state index contributed by atoms with van der Waals surface area (Å²) in [6.45, 7) is 4.40. The average molecular weight is 363 g/mol. The lowest BCUT2D eigenvalue weighted by Crippen LogP contribution is -1.85. The molecular weight excluding hydrogens is 336 g/mol. The second kappa shape index (κ2) is 10.2. The molecule has 0 radical (unpaired) electrons. The Bertz CT molecular complexity index is 927. The highest BCUT2D eigenvalue weighted by Crippen LogP contribution is 2.10. The van der Waals surface area contributed by atoms with Gasteiger partial charge in [-0.2, -0.15) is 0 Å². The fourth-order valence-corrected chi connectivity index (χ4v) is 3.07.